The topological polar surface area (TPSA) is 70.1 Å². The summed E-state index contributed by atoms with van der Waals surface area (Å²) in [5.74, 6) is -0.184. The summed E-state index contributed by atoms with van der Waals surface area (Å²) in [5.41, 5.74) is 4.36. The Balaban J connectivity index is 1.66. The van der Waals surface area contributed by atoms with Crippen LogP contribution in [0.2, 0.25) is 0 Å². The van der Waals surface area contributed by atoms with Crippen molar-refractivity contribution in [2.45, 2.75) is 39.0 Å². The van der Waals surface area contributed by atoms with Gasteiger partial charge in [0.05, 0.1) is 31.8 Å². The normalized spacial score (nSPS) is 18.8. The summed E-state index contributed by atoms with van der Waals surface area (Å²) >= 11 is 0. The summed E-state index contributed by atoms with van der Waals surface area (Å²) in [6, 6.07) is 24.9. The van der Waals surface area contributed by atoms with Crippen molar-refractivity contribution in [2.75, 3.05) is 26.7 Å². The van der Waals surface area contributed by atoms with E-state index in [1.165, 1.54) is 0 Å². The fourth-order valence-corrected chi connectivity index (χ4v) is 4.83. The second-order valence-corrected chi connectivity index (χ2v) is 9.96. The van der Waals surface area contributed by atoms with E-state index in [1.54, 1.807) is 16.8 Å². The maximum atomic E-state index is 13.9. The third-order valence-electron chi connectivity index (χ3n) is 7.17. The number of aliphatic hydroxyl groups is 1. The zero-order chi connectivity index (χ0) is 26.4. The first kappa shape index (κ1) is 26.6. The van der Waals surface area contributed by atoms with Crippen LogP contribution in [0.3, 0.4) is 0 Å². The molecule has 0 saturated carbocycles. The highest BCUT2D eigenvalue weighted by Crippen LogP contribution is 2.31. The molecule has 6 heteroatoms. The number of benzene rings is 3. The van der Waals surface area contributed by atoms with Gasteiger partial charge in [0.2, 0.25) is 5.91 Å². The number of amides is 2. The molecule has 1 N–H and O–H groups in total. The molecule has 0 saturated heterocycles. The van der Waals surface area contributed by atoms with E-state index in [0.717, 1.165) is 22.3 Å². The number of rotatable bonds is 6. The van der Waals surface area contributed by atoms with Crippen LogP contribution in [0.25, 0.3) is 11.1 Å². The summed E-state index contributed by atoms with van der Waals surface area (Å²) in [7, 11) is 1.80. The van der Waals surface area contributed by atoms with Crippen molar-refractivity contribution in [1.29, 1.82) is 0 Å². The van der Waals surface area contributed by atoms with Crippen LogP contribution in [0.15, 0.2) is 78.9 Å². The Hall–Kier alpha value is -3.48. The highest BCUT2D eigenvalue weighted by Gasteiger charge is 2.31. The Morgan fingerprint density at radius 1 is 1.00 bits per heavy atom. The van der Waals surface area contributed by atoms with Gasteiger partial charge in [-0.2, -0.15) is 0 Å². The molecule has 4 rings (SSSR count). The van der Waals surface area contributed by atoms with Gasteiger partial charge < -0.3 is 19.6 Å². The lowest BCUT2D eigenvalue weighted by Gasteiger charge is -2.35. The van der Waals surface area contributed by atoms with Crippen molar-refractivity contribution in [3.05, 3.63) is 95.6 Å². The van der Waals surface area contributed by atoms with Crippen LogP contribution >= 0.6 is 0 Å². The van der Waals surface area contributed by atoms with Crippen LogP contribution in [-0.2, 0) is 22.6 Å². The number of ether oxygens (including phenoxy) is 1. The van der Waals surface area contributed by atoms with Gasteiger partial charge in [0.15, 0.2) is 0 Å². The molecule has 2 amide bonds. The monoisotopic (exact) mass is 500 g/mol. The van der Waals surface area contributed by atoms with E-state index in [4.69, 9.17) is 4.74 Å². The van der Waals surface area contributed by atoms with E-state index in [2.05, 4.69) is 0 Å². The van der Waals surface area contributed by atoms with Crippen LogP contribution in [0.1, 0.15) is 35.3 Å². The predicted octanol–water partition coefficient (Wildman–Crippen LogP) is 4.41. The Morgan fingerprint density at radius 3 is 2.32 bits per heavy atom. The van der Waals surface area contributed by atoms with Gasteiger partial charge in [-0.1, -0.05) is 79.7 Å². The molecule has 6 nitrogen and oxygen atoms in total. The van der Waals surface area contributed by atoms with Crippen molar-refractivity contribution < 1.29 is 19.4 Å². The molecule has 1 aliphatic rings. The van der Waals surface area contributed by atoms with Gasteiger partial charge in [-0.15, -0.1) is 0 Å². The van der Waals surface area contributed by atoms with E-state index in [-0.39, 0.29) is 36.5 Å². The average Bonchev–Trinajstić information content (AvgIpc) is 2.94. The number of hydrogen-bond donors (Lipinski definition) is 1. The molecule has 0 aromatic heterocycles. The summed E-state index contributed by atoms with van der Waals surface area (Å²) in [6.07, 6.45) is 0.0168. The van der Waals surface area contributed by atoms with E-state index in [9.17, 15) is 14.7 Å². The molecule has 0 unspecified atom stereocenters. The first-order valence-corrected chi connectivity index (χ1v) is 12.9. The van der Waals surface area contributed by atoms with Crippen molar-refractivity contribution in [3.8, 4) is 11.1 Å². The molecule has 0 spiro atoms. The molecule has 37 heavy (non-hydrogen) atoms. The smallest absolute Gasteiger partial charge is 0.254 e. The van der Waals surface area contributed by atoms with Gasteiger partial charge in [-0.25, -0.2) is 0 Å². The van der Waals surface area contributed by atoms with E-state index < -0.39 is 0 Å². The van der Waals surface area contributed by atoms with Crippen molar-refractivity contribution in [1.82, 2.24) is 9.80 Å². The molecule has 194 valence electrons. The minimum absolute atomic E-state index is 0.0146. The lowest BCUT2D eigenvalue weighted by molar-refractivity contribution is -0.132. The Morgan fingerprint density at radius 2 is 1.62 bits per heavy atom. The highest BCUT2D eigenvalue weighted by atomic mass is 16.5. The molecular weight excluding hydrogens is 464 g/mol. The van der Waals surface area contributed by atoms with Crippen LogP contribution in [0.5, 0.6) is 0 Å². The van der Waals surface area contributed by atoms with Gasteiger partial charge >= 0.3 is 0 Å². The fraction of sp³-hybridized carbons (Fsp3) is 0.355. The van der Waals surface area contributed by atoms with Gasteiger partial charge in [0.1, 0.15) is 0 Å². The Kier molecular flexibility index (Phi) is 8.74. The largest absolute Gasteiger partial charge is 0.394 e. The van der Waals surface area contributed by atoms with E-state index in [0.29, 0.717) is 31.7 Å². The molecule has 0 bridgehead atoms. The second kappa shape index (κ2) is 12.2. The molecule has 0 aliphatic carbocycles. The second-order valence-electron chi connectivity index (χ2n) is 9.96. The third kappa shape index (κ3) is 6.27. The van der Waals surface area contributed by atoms with Gasteiger partial charge in [-0.05, 0) is 35.2 Å². The lowest BCUT2D eigenvalue weighted by atomic mass is 9.94. The molecule has 0 fully saturated rings. The number of likely N-dealkylation sites (N-methyl/N-ethyl adjacent to an activating group) is 1. The lowest BCUT2D eigenvalue weighted by Crippen LogP contribution is -2.47. The highest BCUT2D eigenvalue weighted by molar-refractivity contribution is 6.01. The number of nitrogens with zero attached hydrogens (tertiary/aromatic N) is 2. The molecular formula is C31H36N2O4. The maximum absolute atomic E-state index is 13.9. The van der Waals surface area contributed by atoms with Gasteiger partial charge in [-0.3, -0.25) is 9.59 Å². The van der Waals surface area contributed by atoms with E-state index in [1.807, 2.05) is 92.7 Å². The molecule has 0 radical (unpaired) electrons. The summed E-state index contributed by atoms with van der Waals surface area (Å²) in [4.78, 5) is 30.3. The third-order valence-corrected chi connectivity index (χ3v) is 7.17. The number of carbonyl (C=O) groups excluding carboxylic acids is 2. The minimum atomic E-state index is -0.364. The summed E-state index contributed by atoms with van der Waals surface area (Å²) in [6.45, 7) is 4.92. The van der Waals surface area contributed by atoms with Crippen molar-refractivity contribution in [2.24, 2.45) is 5.92 Å². The predicted molar refractivity (Wildman–Crippen MR) is 145 cm³/mol. The first-order chi connectivity index (χ1) is 17.9. The summed E-state index contributed by atoms with van der Waals surface area (Å²) in [5, 5.41) is 9.99. The first-order valence-electron chi connectivity index (χ1n) is 12.9. The minimum Gasteiger partial charge on any atom is -0.394 e. The fourth-order valence-electron chi connectivity index (χ4n) is 4.83. The molecule has 3 atom stereocenters. The Bertz CT molecular complexity index is 1210. The SMILES string of the molecule is C[C@@H]1CN([C@H](C)CO)C(=O)c2ccccc2-c2ccccc2CO[C@@H]1CN(C)C(=O)Cc1ccccc1. The maximum Gasteiger partial charge on any atom is 0.254 e. The standard InChI is InChI=1S/C31H36N2O4/c1-22-18-33(23(2)20-34)31(36)28-16-10-9-15-27(28)26-14-8-7-13-25(26)21-37-29(22)19-32(3)30(35)17-24-11-5-4-6-12-24/h4-16,22-23,29,34H,17-21H2,1-3H3/t22-,23-,29-/m1/s1. The van der Waals surface area contributed by atoms with Crippen LogP contribution in [0.4, 0.5) is 0 Å². The molecule has 3 aromatic rings. The van der Waals surface area contributed by atoms with Crippen LogP contribution in [0, 0.1) is 5.92 Å². The summed E-state index contributed by atoms with van der Waals surface area (Å²) < 4.78 is 6.50. The van der Waals surface area contributed by atoms with Crippen molar-refractivity contribution >= 4 is 11.8 Å². The zero-order valence-electron chi connectivity index (χ0n) is 21.8. The van der Waals surface area contributed by atoms with Gasteiger partial charge in [0.25, 0.3) is 5.91 Å². The number of carbonyl (C=O) groups is 2. The zero-order valence-corrected chi connectivity index (χ0v) is 21.8. The average molecular weight is 501 g/mol. The van der Waals surface area contributed by atoms with Gasteiger partial charge in [0, 0.05) is 31.6 Å². The molecule has 1 heterocycles. The molecule has 3 aromatic carbocycles. The number of aliphatic hydroxyl groups excluding tert-OH is 1. The van der Waals surface area contributed by atoms with Crippen molar-refractivity contribution in [3.63, 3.8) is 0 Å². The Labute approximate surface area is 219 Å². The quantitative estimate of drug-likeness (QED) is 0.544. The van der Waals surface area contributed by atoms with Crippen LogP contribution < -0.4 is 0 Å². The van der Waals surface area contributed by atoms with E-state index >= 15 is 0 Å². The van der Waals surface area contributed by atoms with Crippen LogP contribution in [-0.4, -0.2) is 65.6 Å². The molecule has 1 aliphatic heterocycles. The number of hydrogen-bond acceptors (Lipinski definition) is 4. The number of fused-ring (bicyclic) bond motifs is 3.